The first-order chi connectivity index (χ1) is 15.0. The Balaban J connectivity index is 1.32. The Morgan fingerprint density at radius 1 is 1.19 bits per heavy atom. The lowest BCUT2D eigenvalue weighted by molar-refractivity contribution is -0.133. The minimum atomic E-state index is -0.498. The van der Waals surface area contributed by atoms with Crippen LogP contribution >= 0.6 is 0 Å². The van der Waals surface area contributed by atoms with E-state index in [0.29, 0.717) is 5.52 Å². The van der Waals surface area contributed by atoms with Gasteiger partial charge in [0.15, 0.2) is 0 Å². The molecule has 1 aromatic carbocycles. The molecule has 2 aromatic heterocycles. The second-order valence-corrected chi connectivity index (χ2v) is 7.99. The van der Waals surface area contributed by atoms with Crippen molar-refractivity contribution in [3.8, 4) is 0 Å². The van der Waals surface area contributed by atoms with Crippen LogP contribution in [0.1, 0.15) is 18.5 Å². The summed E-state index contributed by atoms with van der Waals surface area (Å²) < 4.78 is 14.8. The van der Waals surface area contributed by atoms with Gasteiger partial charge >= 0.3 is 0 Å². The van der Waals surface area contributed by atoms with E-state index in [1.54, 1.807) is 11.9 Å². The molecule has 7 nitrogen and oxygen atoms in total. The van der Waals surface area contributed by atoms with E-state index in [0.717, 1.165) is 50.7 Å². The Morgan fingerprint density at radius 3 is 2.74 bits per heavy atom. The van der Waals surface area contributed by atoms with Crippen LogP contribution in [-0.2, 0) is 17.8 Å². The van der Waals surface area contributed by atoms with Crippen LogP contribution in [0.3, 0.4) is 0 Å². The van der Waals surface area contributed by atoms with Gasteiger partial charge in [-0.25, -0.2) is 9.37 Å². The summed E-state index contributed by atoms with van der Waals surface area (Å²) in [6.07, 6.45) is 5.86. The molecule has 31 heavy (non-hydrogen) atoms. The average Bonchev–Trinajstić information content (AvgIpc) is 2.80. The molecule has 162 valence electrons. The molecule has 1 aliphatic rings. The minimum absolute atomic E-state index is 0.103. The molecule has 4 rings (SSSR count). The van der Waals surface area contributed by atoms with Gasteiger partial charge in [-0.3, -0.25) is 19.1 Å². The van der Waals surface area contributed by atoms with Gasteiger partial charge in [-0.2, -0.15) is 0 Å². The van der Waals surface area contributed by atoms with Crippen LogP contribution in [0.25, 0.3) is 10.9 Å². The topological polar surface area (TPSA) is 71.3 Å². The van der Waals surface area contributed by atoms with Crippen LogP contribution in [0.15, 0.2) is 53.7 Å². The number of aromatic nitrogens is 3. The molecule has 3 aromatic rings. The number of hydrogen-bond donors (Lipinski definition) is 0. The zero-order valence-corrected chi connectivity index (χ0v) is 17.6. The molecule has 3 heterocycles. The lowest BCUT2D eigenvalue weighted by atomic mass is 10.0. The number of carbonyl (C=O) groups is 1. The van der Waals surface area contributed by atoms with Gasteiger partial charge in [0.05, 0.1) is 17.2 Å². The van der Waals surface area contributed by atoms with E-state index in [2.05, 4.69) is 14.9 Å². The van der Waals surface area contributed by atoms with Crippen molar-refractivity contribution in [1.82, 2.24) is 24.3 Å². The molecule has 1 fully saturated rings. The predicted molar refractivity (Wildman–Crippen MR) is 116 cm³/mol. The predicted octanol–water partition coefficient (Wildman–Crippen LogP) is 2.10. The number of likely N-dealkylation sites (N-methyl/N-ethyl adjacent to an activating group) is 1. The average molecular weight is 423 g/mol. The lowest BCUT2D eigenvalue weighted by Crippen LogP contribution is -2.47. The first-order valence-electron chi connectivity index (χ1n) is 10.5. The molecule has 0 saturated carbocycles. The molecule has 8 heteroatoms. The summed E-state index contributed by atoms with van der Waals surface area (Å²) in [6, 6.07) is 9.99. The van der Waals surface area contributed by atoms with Gasteiger partial charge in [0.25, 0.3) is 5.56 Å². The van der Waals surface area contributed by atoms with Crippen molar-refractivity contribution in [2.24, 2.45) is 0 Å². The number of fused-ring (bicyclic) bond motifs is 1. The molecule has 1 saturated heterocycles. The van der Waals surface area contributed by atoms with Crippen LogP contribution in [-0.4, -0.2) is 63.0 Å². The number of amides is 1. The number of pyridine rings is 1. The van der Waals surface area contributed by atoms with Gasteiger partial charge in [0.1, 0.15) is 12.4 Å². The quantitative estimate of drug-likeness (QED) is 0.607. The van der Waals surface area contributed by atoms with Crippen molar-refractivity contribution in [2.45, 2.75) is 31.8 Å². The van der Waals surface area contributed by atoms with E-state index >= 15 is 0 Å². The number of benzene rings is 1. The van der Waals surface area contributed by atoms with Gasteiger partial charge in [0, 0.05) is 51.0 Å². The summed E-state index contributed by atoms with van der Waals surface area (Å²) in [6.45, 7) is 2.70. The second kappa shape index (κ2) is 9.34. The highest BCUT2D eigenvalue weighted by Gasteiger charge is 2.25. The molecule has 0 radical (unpaired) electrons. The van der Waals surface area contributed by atoms with Gasteiger partial charge in [-0.15, -0.1) is 0 Å². The molecular formula is C23H26FN5O2. The highest BCUT2D eigenvalue weighted by atomic mass is 19.1. The Bertz CT molecular complexity index is 1110. The van der Waals surface area contributed by atoms with Crippen molar-refractivity contribution in [1.29, 1.82) is 0 Å². The fourth-order valence-corrected chi connectivity index (χ4v) is 4.05. The molecule has 0 N–H and O–H groups in total. The minimum Gasteiger partial charge on any atom is -0.341 e. The molecule has 0 bridgehead atoms. The van der Waals surface area contributed by atoms with Crippen LogP contribution in [0.5, 0.6) is 0 Å². The number of hydrogen-bond acceptors (Lipinski definition) is 5. The normalized spacial score (nSPS) is 15.3. The molecule has 1 aliphatic heterocycles. The maximum Gasteiger partial charge on any atom is 0.261 e. The fraction of sp³-hybridized carbons (Fsp3) is 0.391. The van der Waals surface area contributed by atoms with E-state index in [-0.39, 0.29) is 23.9 Å². The number of piperidine rings is 1. The molecule has 1 amide bonds. The van der Waals surface area contributed by atoms with Gasteiger partial charge in [0.2, 0.25) is 5.91 Å². The highest BCUT2D eigenvalue weighted by Crippen LogP contribution is 2.16. The Hall–Kier alpha value is -3.13. The number of likely N-dealkylation sites (tertiary alicyclic amines) is 1. The third-order valence-corrected chi connectivity index (χ3v) is 6.00. The number of rotatable bonds is 6. The van der Waals surface area contributed by atoms with Gasteiger partial charge < -0.3 is 9.80 Å². The van der Waals surface area contributed by atoms with Crippen LogP contribution in [0.4, 0.5) is 4.39 Å². The number of halogens is 1. The Kier molecular flexibility index (Phi) is 6.36. The third kappa shape index (κ3) is 4.96. The van der Waals surface area contributed by atoms with E-state index in [1.165, 1.54) is 23.0 Å². The lowest BCUT2D eigenvalue weighted by Gasteiger charge is -2.36. The van der Waals surface area contributed by atoms with Crippen molar-refractivity contribution in [3.63, 3.8) is 0 Å². The van der Waals surface area contributed by atoms with Crippen LogP contribution in [0.2, 0.25) is 0 Å². The van der Waals surface area contributed by atoms with Crippen molar-refractivity contribution in [2.75, 3.05) is 26.7 Å². The van der Waals surface area contributed by atoms with E-state index in [1.807, 2.05) is 24.4 Å². The standard InChI is InChI=1S/C23H26FN5O2/c1-27(19-8-12-28(13-9-19)11-7-18-4-2-3-10-25-18)22(30)15-29-16-26-21-6-5-17(24)14-20(21)23(29)31/h2-6,10,14,16,19H,7-9,11-13,15H2,1H3. The zero-order chi connectivity index (χ0) is 21.8. The maximum absolute atomic E-state index is 13.5. The van der Waals surface area contributed by atoms with Crippen LogP contribution in [0, 0.1) is 5.82 Å². The first-order valence-corrected chi connectivity index (χ1v) is 10.5. The molecular weight excluding hydrogens is 397 g/mol. The third-order valence-electron chi connectivity index (χ3n) is 6.00. The van der Waals surface area contributed by atoms with Gasteiger partial charge in [-0.05, 0) is 43.2 Å². The van der Waals surface area contributed by atoms with Crippen molar-refractivity contribution < 1.29 is 9.18 Å². The maximum atomic E-state index is 13.5. The zero-order valence-electron chi connectivity index (χ0n) is 17.6. The molecule has 0 aliphatic carbocycles. The first kappa shape index (κ1) is 21.1. The summed E-state index contributed by atoms with van der Waals surface area (Å²) in [5, 5.41) is 0.180. The van der Waals surface area contributed by atoms with Crippen molar-refractivity contribution >= 4 is 16.8 Å². The summed E-state index contributed by atoms with van der Waals surface area (Å²) in [5.41, 5.74) is 1.10. The number of nitrogens with zero attached hydrogens (tertiary/aromatic N) is 5. The molecule has 0 spiro atoms. The summed E-state index contributed by atoms with van der Waals surface area (Å²) in [4.78, 5) is 38.1. The Morgan fingerprint density at radius 2 is 2.00 bits per heavy atom. The summed E-state index contributed by atoms with van der Waals surface area (Å²) in [5.74, 6) is -0.644. The summed E-state index contributed by atoms with van der Waals surface area (Å²) in [7, 11) is 1.79. The largest absolute Gasteiger partial charge is 0.341 e. The second-order valence-electron chi connectivity index (χ2n) is 7.99. The van der Waals surface area contributed by atoms with E-state index in [9.17, 15) is 14.0 Å². The van der Waals surface area contributed by atoms with E-state index < -0.39 is 11.4 Å². The van der Waals surface area contributed by atoms with Crippen LogP contribution < -0.4 is 5.56 Å². The monoisotopic (exact) mass is 423 g/mol. The van der Waals surface area contributed by atoms with E-state index in [4.69, 9.17) is 0 Å². The smallest absolute Gasteiger partial charge is 0.261 e. The Labute approximate surface area is 180 Å². The molecule has 0 unspecified atom stereocenters. The van der Waals surface area contributed by atoms with Gasteiger partial charge in [-0.1, -0.05) is 6.07 Å². The molecule has 0 atom stereocenters. The highest BCUT2D eigenvalue weighted by molar-refractivity contribution is 5.79. The fourth-order valence-electron chi connectivity index (χ4n) is 4.05. The number of carbonyl (C=O) groups excluding carboxylic acids is 1. The van der Waals surface area contributed by atoms with Crippen molar-refractivity contribution in [3.05, 3.63) is 70.8 Å². The SMILES string of the molecule is CN(C(=O)Cn1cnc2ccc(F)cc2c1=O)C1CCN(CCc2ccccn2)CC1. The summed E-state index contributed by atoms with van der Waals surface area (Å²) >= 11 is 0.